The number of ether oxygens (including phenoxy) is 1. The number of thiazole rings is 1. The van der Waals surface area contributed by atoms with Crippen molar-refractivity contribution in [3.63, 3.8) is 0 Å². The molecule has 1 aromatic carbocycles. The van der Waals surface area contributed by atoms with Gasteiger partial charge in [-0.15, -0.1) is 5.10 Å². The van der Waals surface area contributed by atoms with E-state index in [-0.39, 0.29) is 28.9 Å². The molecule has 10 nitrogen and oxygen atoms in total. The van der Waals surface area contributed by atoms with Gasteiger partial charge in [-0.2, -0.15) is 36.0 Å². The molecule has 2 N–H and O–H groups in total. The summed E-state index contributed by atoms with van der Waals surface area (Å²) in [7, 11) is 1.52. The quantitative estimate of drug-likeness (QED) is 0.429. The highest BCUT2D eigenvalue weighted by Gasteiger charge is 2.37. The molecule has 17 heteroatoms. The van der Waals surface area contributed by atoms with Crippen molar-refractivity contribution in [1.29, 1.82) is 0 Å². The average molecular weight is 578 g/mol. The first-order valence-electron chi connectivity index (χ1n) is 11.4. The smallest absolute Gasteiger partial charge is 0.378 e. The molecule has 39 heavy (non-hydrogen) atoms. The Morgan fingerprint density at radius 1 is 1.05 bits per heavy atom. The van der Waals surface area contributed by atoms with Gasteiger partial charge in [0.15, 0.2) is 5.82 Å². The van der Waals surface area contributed by atoms with Crippen molar-refractivity contribution in [2.24, 2.45) is 0 Å². The van der Waals surface area contributed by atoms with Crippen LogP contribution < -0.4 is 10.6 Å². The van der Waals surface area contributed by atoms with Gasteiger partial charge in [0, 0.05) is 25.7 Å². The van der Waals surface area contributed by atoms with E-state index in [4.69, 9.17) is 4.74 Å². The maximum absolute atomic E-state index is 13.2. The molecule has 2 aromatic heterocycles. The molecular weight excluding hydrogens is 556 g/mol. The maximum Gasteiger partial charge on any atom is 0.416 e. The van der Waals surface area contributed by atoms with Crippen molar-refractivity contribution in [2.45, 2.75) is 25.3 Å². The third-order valence-corrected chi connectivity index (χ3v) is 6.59. The van der Waals surface area contributed by atoms with Gasteiger partial charge in [0.05, 0.1) is 36.6 Å². The lowest BCUT2D eigenvalue weighted by Crippen LogP contribution is -2.40. The molecule has 1 aliphatic heterocycles. The van der Waals surface area contributed by atoms with Gasteiger partial charge in [0.1, 0.15) is 4.88 Å². The first kappa shape index (κ1) is 28.3. The van der Waals surface area contributed by atoms with E-state index in [9.17, 15) is 35.9 Å². The lowest BCUT2D eigenvalue weighted by Gasteiger charge is -2.26. The van der Waals surface area contributed by atoms with E-state index in [1.54, 1.807) is 4.90 Å². The number of rotatable bonds is 6. The first-order valence-corrected chi connectivity index (χ1v) is 12.2. The van der Waals surface area contributed by atoms with E-state index < -0.39 is 41.0 Å². The zero-order chi connectivity index (χ0) is 28.5. The molecular formula is C22H21F6N7O3S. The topological polar surface area (TPSA) is 114 Å². The number of hydrogen-bond acceptors (Lipinski definition) is 8. The molecule has 0 spiro atoms. The van der Waals surface area contributed by atoms with E-state index in [1.165, 1.54) is 24.9 Å². The molecule has 0 radical (unpaired) electrons. The van der Waals surface area contributed by atoms with Gasteiger partial charge in [-0.25, -0.2) is 4.98 Å². The Kier molecular flexibility index (Phi) is 7.83. The highest BCUT2D eigenvalue weighted by molar-refractivity contribution is 7.16. The number of halogens is 6. The zero-order valence-electron chi connectivity index (χ0n) is 20.4. The van der Waals surface area contributed by atoms with Crippen LogP contribution in [-0.2, 0) is 17.1 Å². The summed E-state index contributed by atoms with van der Waals surface area (Å²) in [6.45, 7) is 3.06. The summed E-state index contributed by atoms with van der Waals surface area (Å²) in [5.41, 5.74) is -4.07. The number of anilines is 1. The Hall–Kier alpha value is -3.73. The van der Waals surface area contributed by atoms with Gasteiger partial charge in [-0.3, -0.25) is 9.59 Å². The number of amides is 2. The Labute approximate surface area is 221 Å². The van der Waals surface area contributed by atoms with Crippen molar-refractivity contribution in [1.82, 2.24) is 30.0 Å². The van der Waals surface area contributed by atoms with Crippen LogP contribution in [0.3, 0.4) is 0 Å². The minimum atomic E-state index is -5.11. The lowest BCUT2D eigenvalue weighted by molar-refractivity contribution is -0.143. The largest absolute Gasteiger partial charge is 0.416 e. The van der Waals surface area contributed by atoms with E-state index in [2.05, 4.69) is 25.7 Å². The lowest BCUT2D eigenvalue weighted by atomic mass is 10.0. The van der Waals surface area contributed by atoms with E-state index >= 15 is 0 Å². The molecule has 1 aliphatic rings. The number of nitrogens with zero attached hydrogens (tertiary/aromatic N) is 5. The summed E-state index contributed by atoms with van der Waals surface area (Å²) in [6.07, 6.45) is -8.86. The van der Waals surface area contributed by atoms with Crippen LogP contribution in [-0.4, -0.2) is 69.8 Å². The van der Waals surface area contributed by atoms with Gasteiger partial charge >= 0.3 is 12.4 Å². The van der Waals surface area contributed by atoms with Crippen LogP contribution in [0.25, 0.3) is 5.13 Å². The van der Waals surface area contributed by atoms with E-state index in [0.717, 1.165) is 11.3 Å². The number of nitrogens with one attached hydrogen (secondary N) is 2. The molecule has 210 valence electrons. The normalized spacial score (nSPS) is 15.2. The molecule has 1 atom stereocenters. The fraction of sp³-hybridized carbons (Fsp3) is 0.409. The Morgan fingerprint density at radius 3 is 2.23 bits per heavy atom. The molecule has 1 unspecified atom stereocenters. The van der Waals surface area contributed by atoms with E-state index in [0.29, 0.717) is 43.3 Å². The van der Waals surface area contributed by atoms with Crippen molar-refractivity contribution in [3.05, 3.63) is 51.8 Å². The molecule has 0 bridgehead atoms. The number of benzene rings is 1. The fourth-order valence-corrected chi connectivity index (χ4v) is 4.51. The van der Waals surface area contributed by atoms with Gasteiger partial charge in [-0.05, 0) is 25.1 Å². The summed E-state index contributed by atoms with van der Waals surface area (Å²) in [6, 6.07) is -0.427. The van der Waals surface area contributed by atoms with Crippen LogP contribution in [0.2, 0.25) is 0 Å². The van der Waals surface area contributed by atoms with Crippen molar-refractivity contribution in [3.8, 4) is 5.13 Å². The first-order chi connectivity index (χ1) is 18.3. The Bertz CT molecular complexity index is 1330. The standard InChI is InChI=1S/C22H21F6N7O3S/c1-11(31-17(36)12-7-13(21(23,24)25)9-14(8-12)22(26,27)28)16-32-19(29-2)33-35(16)20-30-10-15(39-20)18(37)34-3-5-38-6-4-34/h7-11H,3-6H2,1-2H3,(H,29,33)(H,31,36). The maximum atomic E-state index is 13.2. The third-order valence-electron chi connectivity index (χ3n) is 5.62. The van der Waals surface area contributed by atoms with Crippen LogP contribution in [0.4, 0.5) is 32.3 Å². The van der Waals surface area contributed by atoms with Crippen molar-refractivity contribution < 1.29 is 40.7 Å². The number of carbonyl (C=O) groups is 2. The van der Waals surface area contributed by atoms with Crippen LogP contribution in [0.1, 0.15) is 49.9 Å². The Balaban J connectivity index is 1.61. The molecule has 3 heterocycles. The number of morpholine rings is 1. The number of aromatic nitrogens is 4. The summed E-state index contributed by atoms with van der Waals surface area (Å²) in [4.78, 5) is 35.9. The summed E-state index contributed by atoms with van der Waals surface area (Å²) in [5.74, 6) is -1.29. The fourth-order valence-electron chi connectivity index (χ4n) is 3.67. The molecule has 3 aromatic rings. The van der Waals surface area contributed by atoms with Gasteiger partial charge in [0.2, 0.25) is 11.1 Å². The van der Waals surface area contributed by atoms with Gasteiger partial charge < -0.3 is 20.3 Å². The molecule has 1 saturated heterocycles. The predicted molar refractivity (Wildman–Crippen MR) is 126 cm³/mol. The second-order valence-corrected chi connectivity index (χ2v) is 9.37. The minimum Gasteiger partial charge on any atom is -0.378 e. The molecule has 0 saturated carbocycles. The van der Waals surface area contributed by atoms with Gasteiger partial charge in [0.25, 0.3) is 11.8 Å². The summed E-state index contributed by atoms with van der Waals surface area (Å²) < 4.78 is 85.8. The van der Waals surface area contributed by atoms with Crippen molar-refractivity contribution >= 4 is 29.1 Å². The SMILES string of the molecule is CNc1nc(C(C)NC(=O)c2cc(C(F)(F)F)cc(C(F)(F)F)c2)n(-c2ncc(C(=O)N3CCOCC3)s2)n1. The summed E-state index contributed by atoms with van der Waals surface area (Å²) >= 11 is 0.995. The molecule has 1 fully saturated rings. The summed E-state index contributed by atoms with van der Waals surface area (Å²) in [5, 5.41) is 9.50. The highest BCUT2D eigenvalue weighted by Crippen LogP contribution is 2.36. The van der Waals surface area contributed by atoms with Crippen LogP contribution in [0.5, 0.6) is 0 Å². The second kappa shape index (κ2) is 10.8. The third kappa shape index (κ3) is 6.30. The number of carbonyl (C=O) groups excluding carboxylic acids is 2. The molecule has 4 rings (SSSR count). The highest BCUT2D eigenvalue weighted by atomic mass is 32.1. The average Bonchev–Trinajstić information content (AvgIpc) is 3.55. The van der Waals surface area contributed by atoms with Crippen LogP contribution >= 0.6 is 11.3 Å². The minimum absolute atomic E-state index is 0.0612. The van der Waals surface area contributed by atoms with Crippen molar-refractivity contribution in [2.75, 3.05) is 38.7 Å². The predicted octanol–water partition coefficient (Wildman–Crippen LogP) is 3.77. The number of alkyl halides is 6. The number of hydrogen-bond donors (Lipinski definition) is 2. The van der Waals surface area contributed by atoms with E-state index in [1.807, 2.05) is 0 Å². The molecule has 2 amide bonds. The second-order valence-electron chi connectivity index (χ2n) is 8.36. The molecule has 0 aliphatic carbocycles. The van der Waals surface area contributed by atoms with Gasteiger partial charge in [-0.1, -0.05) is 11.3 Å². The Morgan fingerprint density at radius 2 is 1.67 bits per heavy atom. The van der Waals surface area contributed by atoms with Crippen LogP contribution in [0, 0.1) is 0 Å². The monoisotopic (exact) mass is 577 g/mol. The zero-order valence-corrected chi connectivity index (χ0v) is 21.2. The van der Waals surface area contributed by atoms with Crippen LogP contribution in [0.15, 0.2) is 24.4 Å².